The minimum Gasteiger partial charge on any atom is -0.305 e. The van der Waals surface area contributed by atoms with Gasteiger partial charge in [-0.25, -0.2) is 13.1 Å². The molecule has 0 radical (unpaired) electrons. The number of sulfonamides is 1. The highest BCUT2D eigenvalue weighted by Gasteiger charge is 2.15. The minimum absolute atomic E-state index is 0.0796. The number of hydrogen-bond donors (Lipinski definition) is 3. The van der Waals surface area contributed by atoms with Gasteiger partial charge in [-0.1, -0.05) is 6.08 Å². The third-order valence-electron chi connectivity index (χ3n) is 3.67. The fourth-order valence-corrected chi connectivity index (χ4v) is 4.15. The Morgan fingerprint density at radius 1 is 1.26 bits per heavy atom. The lowest BCUT2D eigenvalue weighted by Gasteiger charge is -2.06. The van der Waals surface area contributed by atoms with E-state index in [1.54, 1.807) is 17.4 Å². The van der Waals surface area contributed by atoms with Gasteiger partial charge in [-0.2, -0.15) is 5.10 Å². The Kier molecular flexibility index (Phi) is 5.54. The summed E-state index contributed by atoms with van der Waals surface area (Å²) in [5.41, 5.74) is 1.15. The molecule has 140 valence electrons. The van der Waals surface area contributed by atoms with Gasteiger partial charge in [0.15, 0.2) is 5.82 Å². The molecule has 0 aliphatic carbocycles. The molecule has 0 spiro atoms. The summed E-state index contributed by atoms with van der Waals surface area (Å²) in [7, 11) is -3.62. The monoisotopic (exact) mass is 402 g/mol. The Hall–Kier alpha value is -2.75. The summed E-state index contributed by atoms with van der Waals surface area (Å²) in [6.07, 6.45) is 1.45. The highest BCUT2D eigenvalue weighted by molar-refractivity contribution is 7.89. The van der Waals surface area contributed by atoms with Gasteiger partial charge in [-0.15, -0.1) is 17.9 Å². The Bertz CT molecular complexity index is 1070. The van der Waals surface area contributed by atoms with Crippen molar-refractivity contribution in [2.75, 3.05) is 11.9 Å². The van der Waals surface area contributed by atoms with Crippen LogP contribution in [0.5, 0.6) is 0 Å². The molecule has 2 heterocycles. The minimum atomic E-state index is -3.62. The van der Waals surface area contributed by atoms with E-state index in [-0.39, 0.29) is 17.3 Å². The first-order chi connectivity index (χ1) is 12.9. The number of carbonyl (C=O) groups is 1. The molecule has 3 rings (SSSR count). The summed E-state index contributed by atoms with van der Waals surface area (Å²) in [5.74, 6) is 0.0174. The summed E-state index contributed by atoms with van der Waals surface area (Å²) >= 11 is 1.63. The molecule has 0 aliphatic rings. The number of nitrogens with zero attached hydrogens (tertiary/aromatic N) is 1. The number of aryl methyl sites for hydroxylation is 1. The zero-order valence-corrected chi connectivity index (χ0v) is 16.2. The molecule has 0 aliphatic heterocycles. The van der Waals surface area contributed by atoms with Crippen LogP contribution in [0.2, 0.25) is 0 Å². The average Bonchev–Trinajstić information content (AvgIpc) is 3.29. The Labute approximate surface area is 161 Å². The first-order valence-corrected chi connectivity index (χ1v) is 10.3. The van der Waals surface area contributed by atoms with Crippen LogP contribution in [-0.4, -0.2) is 31.1 Å². The Balaban J connectivity index is 1.70. The van der Waals surface area contributed by atoms with Crippen LogP contribution in [0.4, 0.5) is 5.82 Å². The van der Waals surface area contributed by atoms with Crippen molar-refractivity contribution in [3.05, 3.63) is 65.6 Å². The summed E-state index contributed by atoms with van der Waals surface area (Å²) < 4.78 is 26.4. The highest BCUT2D eigenvalue weighted by atomic mass is 32.2. The number of benzene rings is 1. The first-order valence-electron chi connectivity index (χ1n) is 8.03. The highest BCUT2D eigenvalue weighted by Crippen LogP contribution is 2.27. The van der Waals surface area contributed by atoms with E-state index in [2.05, 4.69) is 26.8 Å². The molecular weight excluding hydrogens is 384 g/mol. The second kappa shape index (κ2) is 7.87. The lowest BCUT2D eigenvalue weighted by Crippen LogP contribution is -2.23. The van der Waals surface area contributed by atoms with Gasteiger partial charge in [0.2, 0.25) is 10.0 Å². The van der Waals surface area contributed by atoms with Crippen LogP contribution in [0, 0.1) is 6.92 Å². The molecule has 2 aromatic heterocycles. The van der Waals surface area contributed by atoms with Crippen LogP contribution in [0.3, 0.4) is 0 Å². The van der Waals surface area contributed by atoms with Gasteiger partial charge < -0.3 is 5.32 Å². The molecular formula is C18H18N4O3S2. The normalized spacial score (nSPS) is 11.3. The van der Waals surface area contributed by atoms with Crippen molar-refractivity contribution in [1.29, 1.82) is 0 Å². The van der Waals surface area contributed by atoms with E-state index in [0.29, 0.717) is 11.4 Å². The number of carbonyl (C=O) groups excluding carboxylic acids is 1. The average molecular weight is 403 g/mol. The largest absolute Gasteiger partial charge is 0.305 e. The summed E-state index contributed by atoms with van der Waals surface area (Å²) in [5, 5.41) is 9.68. The van der Waals surface area contributed by atoms with Crippen LogP contribution in [0.1, 0.15) is 15.2 Å². The lowest BCUT2D eigenvalue weighted by atomic mass is 10.2. The molecule has 0 unspecified atom stereocenters. The van der Waals surface area contributed by atoms with E-state index < -0.39 is 10.0 Å². The van der Waals surface area contributed by atoms with Crippen LogP contribution >= 0.6 is 11.3 Å². The maximum Gasteiger partial charge on any atom is 0.256 e. The number of H-pyrrole nitrogens is 1. The van der Waals surface area contributed by atoms with E-state index in [1.807, 2.05) is 19.1 Å². The van der Waals surface area contributed by atoms with Crippen molar-refractivity contribution < 1.29 is 13.2 Å². The Morgan fingerprint density at radius 3 is 2.63 bits per heavy atom. The third kappa shape index (κ3) is 4.51. The standard InChI is InChI=1S/C18H18N4O3S2/c1-3-10-19-27(24,25)14-7-5-13(6-8-14)18(23)20-17-11-15(21-22-17)16-9-4-12(2)26-16/h3-9,11,19H,1,10H2,2H3,(H2,20,21,22,23). The van der Waals surface area contributed by atoms with Gasteiger partial charge >= 0.3 is 0 Å². The van der Waals surface area contributed by atoms with Crippen molar-refractivity contribution in [2.24, 2.45) is 0 Å². The number of amides is 1. The second-order valence-electron chi connectivity index (χ2n) is 5.70. The zero-order chi connectivity index (χ0) is 19.4. The predicted octanol–water partition coefficient (Wildman–Crippen LogP) is 3.16. The first kappa shape index (κ1) is 19.0. The second-order valence-corrected chi connectivity index (χ2v) is 8.75. The molecule has 3 N–H and O–H groups in total. The van der Waals surface area contributed by atoms with Crippen molar-refractivity contribution in [2.45, 2.75) is 11.8 Å². The molecule has 9 heteroatoms. The van der Waals surface area contributed by atoms with Crippen LogP contribution in [0.25, 0.3) is 10.6 Å². The molecule has 1 aromatic carbocycles. The van der Waals surface area contributed by atoms with Crippen molar-refractivity contribution >= 4 is 33.1 Å². The number of hydrogen-bond acceptors (Lipinski definition) is 5. The number of aromatic amines is 1. The fourth-order valence-electron chi connectivity index (χ4n) is 2.32. The van der Waals surface area contributed by atoms with Gasteiger partial charge in [-0.3, -0.25) is 9.89 Å². The molecule has 3 aromatic rings. The zero-order valence-electron chi connectivity index (χ0n) is 14.5. The molecule has 0 bridgehead atoms. The SMILES string of the molecule is C=CCNS(=O)(=O)c1ccc(C(=O)Nc2cc(-c3ccc(C)s3)[nH]n2)cc1. The number of nitrogens with one attached hydrogen (secondary N) is 3. The fraction of sp³-hybridized carbons (Fsp3) is 0.111. The molecule has 0 saturated carbocycles. The Morgan fingerprint density at radius 2 is 2.00 bits per heavy atom. The van der Waals surface area contributed by atoms with Gasteiger partial charge in [-0.05, 0) is 43.3 Å². The maximum absolute atomic E-state index is 12.4. The van der Waals surface area contributed by atoms with Crippen LogP contribution in [-0.2, 0) is 10.0 Å². The van der Waals surface area contributed by atoms with Crippen molar-refractivity contribution in [3.8, 4) is 10.6 Å². The van der Waals surface area contributed by atoms with E-state index in [9.17, 15) is 13.2 Å². The topological polar surface area (TPSA) is 104 Å². The summed E-state index contributed by atoms with van der Waals surface area (Å²) in [6.45, 7) is 5.62. The van der Waals surface area contributed by atoms with Gasteiger partial charge in [0, 0.05) is 23.1 Å². The van der Waals surface area contributed by atoms with E-state index in [0.717, 1.165) is 10.6 Å². The lowest BCUT2D eigenvalue weighted by molar-refractivity contribution is 0.102. The van der Waals surface area contributed by atoms with Gasteiger partial charge in [0.25, 0.3) is 5.91 Å². The number of rotatable bonds is 7. The van der Waals surface area contributed by atoms with Crippen LogP contribution in [0.15, 0.2) is 60.0 Å². The molecule has 7 nitrogen and oxygen atoms in total. The van der Waals surface area contributed by atoms with E-state index >= 15 is 0 Å². The number of aromatic nitrogens is 2. The van der Waals surface area contributed by atoms with Gasteiger partial charge in [0.05, 0.1) is 15.5 Å². The van der Waals surface area contributed by atoms with Crippen molar-refractivity contribution in [3.63, 3.8) is 0 Å². The molecule has 27 heavy (non-hydrogen) atoms. The number of anilines is 1. The molecule has 0 saturated heterocycles. The summed E-state index contributed by atoms with van der Waals surface area (Å²) in [4.78, 5) is 14.6. The smallest absolute Gasteiger partial charge is 0.256 e. The molecule has 0 fully saturated rings. The van der Waals surface area contributed by atoms with E-state index in [1.165, 1.54) is 35.2 Å². The van der Waals surface area contributed by atoms with E-state index in [4.69, 9.17) is 0 Å². The number of thiophene rings is 1. The van der Waals surface area contributed by atoms with Crippen LogP contribution < -0.4 is 10.0 Å². The predicted molar refractivity (Wildman–Crippen MR) is 106 cm³/mol. The maximum atomic E-state index is 12.4. The molecule has 1 amide bonds. The molecule has 0 atom stereocenters. The van der Waals surface area contributed by atoms with Crippen molar-refractivity contribution in [1.82, 2.24) is 14.9 Å². The third-order valence-corrected chi connectivity index (χ3v) is 6.14. The quantitative estimate of drug-likeness (QED) is 0.528. The summed E-state index contributed by atoms with van der Waals surface area (Å²) in [6, 6.07) is 11.4. The van der Waals surface area contributed by atoms with Gasteiger partial charge in [0.1, 0.15) is 0 Å².